The van der Waals surface area contributed by atoms with Crippen molar-refractivity contribution in [3.63, 3.8) is 0 Å². The lowest BCUT2D eigenvalue weighted by atomic mass is 10.0. The van der Waals surface area contributed by atoms with Gasteiger partial charge in [0.2, 0.25) is 5.91 Å². The summed E-state index contributed by atoms with van der Waals surface area (Å²) in [6, 6.07) is 14.9. The van der Waals surface area contributed by atoms with Crippen LogP contribution in [0, 0.1) is 5.92 Å². The topological polar surface area (TPSA) is 102 Å². The summed E-state index contributed by atoms with van der Waals surface area (Å²) in [4.78, 5) is 23.6. The van der Waals surface area contributed by atoms with Gasteiger partial charge in [-0.1, -0.05) is 72.6 Å². The first-order valence-electron chi connectivity index (χ1n) is 13.6. The molecule has 1 unspecified atom stereocenters. The van der Waals surface area contributed by atoms with E-state index in [1.807, 2.05) is 41.3 Å². The van der Waals surface area contributed by atoms with Crippen LogP contribution >= 0.6 is 23.2 Å². The molecule has 5 rings (SSSR count). The van der Waals surface area contributed by atoms with Crippen LogP contribution in [-0.2, 0) is 9.53 Å². The highest BCUT2D eigenvalue weighted by Gasteiger charge is 2.36. The van der Waals surface area contributed by atoms with E-state index in [0.717, 1.165) is 37.1 Å². The predicted octanol–water partition coefficient (Wildman–Crippen LogP) is 6.34. The molecule has 1 aliphatic heterocycles. The molecule has 0 aliphatic carbocycles. The number of hydrogen-bond acceptors (Lipinski definition) is 6. The average Bonchev–Trinajstić information content (AvgIpc) is 3.74. The molecule has 1 fully saturated rings. The lowest BCUT2D eigenvalue weighted by Crippen LogP contribution is -2.30. The number of tetrazole rings is 1. The third kappa shape index (κ3) is 7.11. The van der Waals surface area contributed by atoms with E-state index in [9.17, 15) is 4.79 Å². The van der Waals surface area contributed by atoms with E-state index in [1.54, 1.807) is 24.3 Å². The molecule has 1 aliphatic rings. The van der Waals surface area contributed by atoms with Gasteiger partial charge in [-0.25, -0.2) is 4.98 Å². The van der Waals surface area contributed by atoms with Crippen molar-refractivity contribution in [1.82, 2.24) is 35.1 Å². The highest BCUT2D eigenvalue weighted by Crippen LogP contribution is 2.38. The van der Waals surface area contributed by atoms with Crippen LogP contribution in [0.3, 0.4) is 0 Å². The van der Waals surface area contributed by atoms with Crippen LogP contribution in [0.5, 0.6) is 0 Å². The highest BCUT2D eigenvalue weighted by atomic mass is 35.5. The fourth-order valence-corrected chi connectivity index (χ4v) is 5.34. The first-order chi connectivity index (χ1) is 20.0. The van der Waals surface area contributed by atoms with Crippen LogP contribution in [0.1, 0.15) is 43.6 Å². The second kappa shape index (κ2) is 13.7. The van der Waals surface area contributed by atoms with Crippen LogP contribution < -0.4 is 0 Å². The van der Waals surface area contributed by atoms with Gasteiger partial charge in [-0.3, -0.25) is 4.79 Å². The standard InChI is InChI=1S/C30H31Cl2N7O2/c1-2-15-41-16-7-6-8-21-17-26(30-34-28(29(32)35-30)22-9-4-3-5-10-22)38(19-21)27(40)14-11-23-18-24(31)12-13-25(23)39-20-33-36-37-39/h3-6,8-14,18,20-21,26H,2,7,15-17,19H2,1H3,(H,34,35)/b8-6-,14-11+/t21-,26?/m0/s1. The van der Waals surface area contributed by atoms with Gasteiger partial charge in [0.25, 0.3) is 0 Å². The zero-order valence-electron chi connectivity index (χ0n) is 22.7. The summed E-state index contributed by atoms with van der Waals surface area (Å²) in [7, 11) is 0. The minimum absolute atomic E-state index is 0.145. The molecule has 1 N–H and O–H groups in total. The lowest BCUT2D eigenvalue weighted by molar-refractivity contribution is -0.127. The third-order valence-electron chi connectivity index (χ3n) is 6.85. The van der Waals surface area contributed by atoms with Crippen molar-refractivity contribution in [3.05, 3.63) is 94.6 Å². The van der Waals surface area contributed by atoms with Crippen molar-refractivity contribution in [3.8, 4) is 16.9 Å². The number of amides is 1. The van der Waals surface area contributed by atoms with Gasteiger partial charge < -0.3 is 14.6 Å². The van der Waals surface area contributed by atoms with Crippen LogP contribution in [0.15, 0.2) is 73.1 Å². The monoisotopic (exact) mass is 591 g/mol. The molecule has 0 spiro atoms. The number of ether oxygens (including phenoxy) is 1. The summed E-state index contributed by atoms with van der Waals surface area (Å²) in [6.45, 7) is 4.09. The Hall–Kier alpha value is -3.79. The van der Waals surface area contributed by atoms with E-state index >= 15 is 0 Å². The van der Waals surface area contributed by atoms with Crippen LogP contribution in [0.25, 0.3) is 23.0 Å². The third-order valence-corrected chi connectivity index (χ3v) is 7.36. The average molecular weight is 593 g/mol. The fourth-order valence-electron chi connectivity index (χ4n) is 4.92. The highest BCUT2D eigenvalue weighted by molar-refractivity contribution is 6.32. The van der Waals surface area contributed by atoms with Gasteiger partial charge in [0, 0.05) is 35.4 Å². The number of hydrogen-bond donors (Lipinski definition) is 1. The molecule has 2 aromatic carbocycles. The number of nitrogens with one attached hydrogen (secondary N) is 1. The molecule has 3 heterocycles. The van der Waals surface area contributed by atoms with E-state index in [-0.39, 0.29) is 17.9 Å². The second-order valence-electron chi connectivity index (χ2n) is 9.78. The summed E-state index contributed by atoms with van der Waals surface area (Å²) < 4.78 is 7.12. The molecule has 2 atom stereocenters. The Bertz CT molecular complexity index is 1500. The first-order valence-corrected chi connectivity index (χ1v) is 14.4. The number of aromatic amines is 1. The Kier molecular flexibility index (Phi) is 9.61. The minimum atomic E-state index is -0.272. The molecule has 0 radical (unpaired) electrons. The van der Waals surface area contributed by atoms with Gasteiger partial charge in [0.05, 0.1) is 24.0 Å². The number of carbonyl (C=O) groups is 1. The van der Waals surface area contributed by atoms with Crippen molar-refractivity contribution in [2.24, 2.45) is 5.92 Å². The normalized spacial score (nSPS) is 17.3. The quantitative estimate of drug-likeness (QED) is 0.124. The first kappa shape index (κ1) is 28.7. The van der Waals surface area contributed by atoms with Crippen molar-refractivity contribution >= 4 is 35.2 Å². The smallest absolute Gasteiger partial charge is 0.247 e. The van der Waals surface area contributed by atoms with Crippen molar-refractivity contribution in [1.29, 1.82) is 0 Å². The lowest BCUT2D eigenvalue weighted by Gasteiger charge is -2.21. The second-order valence-corrected chi connectivity index (χ2v) is 10.6. The molecule has 4 aromatic rings. The van der Waals surface area contributed by atoms with Crippen LogP contribution in [0.4, 0.5) is 0 Å². The van der Waals surface area contributed by atoms with E-state index in [4.69, 9.17) is 27.9 Å². The number of aromatic nitrogens is 6. The van der Waals surface area contributed by atoms with Gasteiger partial charge in [-0.2, -0.15) is 4.68 Å². The molecule has 11 heteroatoms. The van der Waals surface area contributed by atoms with Crippen molar-refractivity contribution < 1.29 is 9.53 Å². The maximum atomic E-state index is 13.7. The van der Waals surface area contributed by atoms with Gasteiger partial charge in [0.1, 0.15) is 12.2 Å². The van der Waals surface area contributed by atoms with Crippen LogP contribution in [-0.4, -0.2) is 60.7 Å². The Labute approximate surface area is 248 Å². The molecule has 212 valence electrons. The maximum absolute atomic E-state index is 13.7. The van der Waals surface area contributed by atoms with E-state index in [2.05, 4.69) is 44.6 Å². The largest absolute Gasteiger partial charge is 0.381 e. The zero-order chi connectivity index (χ0) is 28.6. The summed E-state index contributed by atoms with van der Waals surface area (Å²) >= 11 is 12.8. The molecule has 9 nitrogen and oxygen atoms in total. The minimum Gasteiger partial charge on any atom is -0.381 e. The van der Waals surface area contributed by atoms with E-state index < -0.39 is 0 Å². The molecule has 1 saturated heterocycles. The van der Waals surface area contributed by atoms with Crippen LogP contribution in [0.2, 0.25) is 10.2 Å². The Morgan fingerprint density at radius 1 is 1.17 bits per heavy atom. The molecule has 41 heavy (non-hydrogen) atoms. The number of carbonyl (C=O) groups excluding carboxylic acids is 1. The number of imidazole rings is 1. The number of halogens is 2. The van der Waals surface area contributed by atoms with Crippen molar-refractivity contribution in [2.45, 2.75) is 32.2 Å². The number of H-pyrrole nitrogens is 1. The van der Waals surface area contributed by atoms with Gasteiger partial charge in [-0.05, 0) is 59.9 Å². The van der Waals surface area contributed by atoms with Gasteiger partial charge in [0.15, 0.2) is 5.15 Å². The molecular formula is C30H31Cl2N7O2. The maximum Gasteiger partial charge on any atom is 0.247 e. The number of nitrogens with zero attached hydrogens (tertiary/aromatic N) is 6. The predicted molar refractivity (Wildman–Crippen MR) is 160 cm³/mol. The zero-order valence-corrected chi connectivity index (χ0v) is 24.2. The van der Waals surface area contributed by atoms with Gasteiger partial charge >= 0.3 is 0 Å². The molecular weight excluding hydrogens is 561 g/mol. The molecule has 1 amide bonds. The SMILES string of the molecule is CCCOCC/C=C\[C@H]1CC(c2nc(Cl)c(-c3ccccc3)[nH]2)N(C(=O)/C=C/c2cc(Cl)ccc2-n2cnnn2)C1. The summed E-state index contributed by atoms with van der Waals surface area (Å²) in [5.74, 6) is 0.680. The van der Waals surface area contributed by atoms with E-state index in [0.29, 0.717) is 40.4 Å². The molecule has 0 bridgehead atoms. The van der Waals surface area contributed by atoms with Gasteiger partial charge in [-0.15, -0.1) is 5.10 Å². The number of rotatable bonds is 11. The Morgan fingerprint density at radius 3 is 2.80 bits per heavy atom. The Balaban J connectivity index is 1.39. The van der Waals surface area contributed by atoms with E-state index in [1.165, 1.54) is 11.0 Å². The fraction of sp³-hybridized carbons (Fsp3) is 0.300. The number of likely N-dealkylation sites (tertiary alicyclic amines) is 1. The summed E-state index contributed by atoms with van der Waals surface area (Å²) in [6.07, 6.45) is 11.6. The Morgan fingerprint density at radius 2 is 2.02 bits per heavy atom. The summed E-state index contributed by atoms with van der Waals surface area (Å²) in [5.41, 5.74) is 3.09. The van der Waals surface area contributed by atoms with Crippen molar-refractivity contribution in [2.75, 3.05) is 19.8 Å². The molecule has 2 aromatic heterocycles. The number of benzene rings is 2. The summed E-state index contributed by atoms with van der Waals surface area (Å²) in [5, 5.41) is 12.3. The molecule has 0 saturated carbocycles.